The van der Waals surface area contributed by atoms with Crippen molar-refractivity contribution in [2.45, 2.75) is 13.5 Å². The smallest absolute Gasteiger partial charge is 0.246 e. The van der Waals surface area contributed by atoms with Gasteiger partial charge in [-0.15, -0.1) is 0 Å². The molecule has 1 aliphatic rings. The number of fused-ring (bicyclic) bond motifs is 1. The Labute approximate surface area is 149 Å². The van der Waals surface area contributed by atoms with E-state index in [1.54, 1.807) is 18.0 Å². The molecule has 2 aromatic carbocycles. The number of benzene rings is 2. The highest BCUT2D eigenvalue weighted by atomic mass is 79.9. The first kappa shape index (κ1) is 16.6. The fourth-order valence-corrected chi connectivity index (χ4v) is 3.07. The second-order valence-electron chi connectivity index (χ2n) is 5.74. The molecule has 1 aliphatic heterocycles. The van der Waals surface area contributed by atoms with Crippen LogP contribution in [0, 0.1) is 6.92 Å². The zero-order valence-corrected chi connectivity index (χ0v) is 15.2. The molecule has 0 aliphatic carbocycles. The van der Waals surface area contributed by atoms with E-state index in [1.807, 2.05) is 49.4 Å². The van der Waals surface area contributed by atoms with Gasteiger partial charge in [-0.05, 0) is 47.9 Å². The van der Waals surface area contributed by atoms with Crippen molar-refractivity contribution < 1.29 is 14.3 Å². The Balaban J connectivity index is 1.65. The second-order valence-corrected chi connectivity index (χ2v) is 6.59. The van der Waals surface area contributed by atoms with E-state index in [9.17, 15) is 4.79 Å². The van der Waals surface area contributed by atoms with Crippen LogP contribution in [0.1, 0.15) is 16.7 Å². The summed E-state index contributed by atoms with van der Waals surface area (Å²) in [6, 6.07) is 11.8. The molecule has 1 amide bonds. The largest absolute Gasteiger partial charge is 0.454 e. The van der Waals surface area contributed by atoms with Gasteiger partial charge in [0.15, 0.2) is 11.5 Å². The van der Waals surface area contributed by atoms with Crippen molar-refractivity contribution in [2.75, 3.05) is 13.8 Å². The summed E-state index contributed by atoms with van der Waals surface area (Å²) in [6.07, 6.45) is 3.41. The topological polar surface area (TPSA) is 38.8 Å². The van der Waals surface area contributed by atoms with E-state index < -0.39 is 0 Å². The molecule has 24 heavy (non-hydrogen) atoms. The fraction of sp³-hybridized carbons (Fsp3) is 0.211. The van der Waals surface area contributed by atoms with Crippen LogP contribution in [0.15, 0.2) is 46.9 Å². The van der Waals surface area contributed by atoms with Crippen molar-refractivity contribution in [3.05, 3.63) is 63.6 Å². The lowest BCUT2D eigenvalue weighted by molar-refractivity contribution is -0.125. The minimum absolute atomic E-state index is 0.0554. The standard InChI is InChI=1S/C19H18BrNO3/c1-13-3-5-15(16(20)9-13)6-8-19(22)21(2)11-14-4-7-17-18(10-14)24-12-23-17/h3-10H,11-12H2,1-2H3/b8-6+. The van der Waals surface area contributed by atoms with Gasteiger partial charge in [-0.3, -0.25) is 4.79 Å². The predicted octanol–water partition coefficient (Wildman–Crippen LogP) is 4.16. The third kappa shape index (κ3) is 3.79. The Morgan fingerprint density at radius 1 is 1.21 bits per heavy atom. The molecule has 0 unspecified atom stereocenters. The number of halogens is 1. The number of rotatable bonds is 4. The summed E-state index contributed by atoms with van der Waals surface area (Å²) in [5.74, 6) is 1.42. The lowest BCUT2D eigenvalue weighted by atomic mass is 10.1. The Morgan fingerprint density at radius 2 is 2.00 bits per heavy atom. The van der Waals surface area contributed by atoms with E-state index >= 15 is 0 Å². The molecule has 0 spiro atoms. The lowest BCUT2D eigenvalue weighted by Gasteiger charge is -2.15. The third-order valence-corrected chi connectivity index (χ3v) is 4.48. The molecule has 0 bridgehead atoms. The van der Waals surface area contributed by atoms with Gasteiger partial charge in [0.25, 0.3) is 0 Å². The maximum atomic E-state index is 12.3. The van der Waals surface area contributed by atoms with Crippen LogP contribution in [0.2, 0.25) is 0 Å². The number of likely N-dealkylation sites (N-methyl/N-ethyl adjacent to an activating group) is 1. The van der Waals surface area contributed by atoms with E-state index in [1.165, 1.54) is 5.56 Å². The molecule has 1 heterocycles. The van der Waals surface area contributed by atoms with E-state index in [0.717, 1.165) is 27.1 Å². The molecule has 0 fully saturated rings. The SMILES string of the molecule is Cc1ccc(/C=C/C(=O)N(C)Cc2ccc3c(c2)OCO3)c(Br)c1. The van der Waals surface area contributed by atoms with Crippen molar-refractivity contribution in [1.82, 2.24) is 4.90 Å². The first-order chi connectivity index (χ1) is 11.5. The fourth-order valence-electron chi connectivity index (χ4n) is 2.45. The van der Waals surface area contributed by atoms with Crippen LogP contribution in [0.3, 0.4) is 0 Å². The number of amides is 1. The third-order valence-electron chi connectivity index (χ3n) is 3.79. The second kappa shape index (κ2) is 7.09. The van der Waals surface area contributed by atoms with Crippen LogP contribution >= 0.6 is 15.9 Å². The van der Waals surface area contributed by atoms with Crippen molar-refractivity contribution in [1.29, 1.82) is 0 Å². The molecule has 5 heteroatoms. The van der Waals surface area contributed by atoms with Gasteiger partial charge < -0.3 is 14.4 Å². The summed E-state index contributed by atoms with van der Waals surface area (Å²) in [7, 11) is 1.78. The van der Waals surface area contributed by atoms with Crippen molar-refractivity contribution in [3.63, 3.8) is 0 Å². The molecular weight excluding hydrogens is 370 g/mol. The van der Waals surface area contributed by atoms with Gasteiger partial charge in [0.1, 0.15) is 0 Å². The average molecular weight is 388 g/mol. The maximum Gasteiger partial charge on any atom is 0.246 e. The van der Waals surface area contributed by atoms with Crippen LogP contribution in [0.4, 0.5) is 0 Å². The molecule has 3 rings (SSSR count). The molecule has 124 valence electrons. The molecule has 4 nitrogen and oxygen atoms in total. The molecule has 0 atom stereocenters. The zero-order valence-electron chi connectivity index (χ0n) is 13.6. The van der Waals surface area contributed by atoms with E-state index in [4.69, 9.17) is 9.47 Å². The Kier molecular flexibility index (Phi) is 4.90. The van der Waals surface area contributed by atoms with Crippen LogP contribution in [0.5, 0.6) is 11.5 Å². The maximum absolute atomic E-state index is 12.3. The summed E-state index contributed by atoms with van der Waals surface area (Å²) in [5.41, 5.74) is 3.15. The molecule has 0 saturated heterocycles. The first-order valence-corrected chi connectivity index (χ1v) is 8.40. The normalized spacial score (nSPS) is 12.6. The number of carbonyl (C=O) groups is 1. The average Bonchev–Trinajstić information content (AvgIpc) is 3.01. The first-order valence-electron chi connectivity index (χ1n) is 7.61. The Bertz CT molecular complexity index is 801. The van der Waals surface area contributed by atoms with Crippen molar-refractivity contribution in [3.8, 4) is 11.5 Å². The lowest BCUT2D eigenvalue weighted by Crippen LogP contribution is -2.24. The number of aryl methyl sites for hydroxylation is 1. The monoisotopic (exact) mass is 387 g/mol. The summed E-state index contributed by atoms with van der Waals surface area (Å²) in [6.45, 7) is 2.79. The minimum atomic E-state index is -0.0554. The zero-order chi connectivity index (χ0) is 17.1. The summed E-state index contributed by atoms with van der Waals surface area (Å²) in [4.78, 5) is 14.0. The number of nitrogens with zero attached hydrogens (tertiary/aromatic N) is 1. The van der Waals surface area contributed by atoms with Crippen LogP contribution < -0.4 is 9.47 Å². The van der Waals surface area contributed by atoms with Crippen molar-refractivity contribution >= 4 is 27.9 Å². The summed E-state index contributed by atoms with van der Waals surface area (Å²) >= 11 is 3.51. The molecule has 0 radical (unpaired) electrons. The number of carbonyl (C=O) groups excluding carboxylic acids is 1. The van der Waals surface area contributed by atoms with Gasteiger partial charge in [-0.1, -0.05) is 34.1 Å². The van der Waals surface area contributed by atoms with Gasteiger partial charge in [0.05, 0.1) is 0 Å². The number of ether oxygens (including phenoxy) is 2. The minimum Gasteiger partial charge on any atom is -0.454 e. The van der Waals surface area contributed by atoms with E-state index in [0.29, 0.717) is 6.54 Å². The van der Waals surface area contributed by atoms with Gasteiger partial charge in [-0.2, -0.15) is 0 Å². The van der Waals surface area contributed by atoms with E-state index in [2.05, 4.69) is 15.9 Å². The molecule has 0 aromatic heterocycles. The predicted molar refractivity (Wildman–Crippen MR) is 97.0 cm³/mol. The van der Waals surface area contributed by atoms with Gasteiger partial charge in [0.2, 0.25) is 12.7 Å². The highest BCUT2D eigenvalue weighted by molar-refractivity contribution is 9.10. The van der Waals surface area contributed by atoms with Crippen molar-refractivity contribution in [2.24, 2.45) is 0 Å². The number of hydrogen-bond donors (Lipinski definition) is 0. The van der Waals surface area contributed by atoms with E-state index in [-0.39, 0.29) is 12.7 Å². The highest BCUT2D eigenvalue weighted by Gasteiger charge is 2.14. The summed E-state index contributed by atoms with van der Waals surface area (Å²) in [5, 5.41) is 0. The van der Waals surface area contributed by atoms with Gasteiger partial charge in [0, 0.05) is 24.1 Å². The molecule has 0 saturated carbocycles. The van der Waals surface area contributed by atoms with Crippen LogP contribution in [-0.4, -0.2) is 24.6 Å². The Morgan fingerprint density at radius 3 is 2.79 bits per heavy atom. The molecule has 2 aromatic rings. The van der Waals surface area contributed by atoms with Crippen LogP contribution in [-0.2, 0) is 11.3 Å². The molecule has 0 N–H and O–H groups in total. The van der Waals surface area contributed by atoms with Crippen LogP contribution in [0.25, 0.3) is 6.08 Å². The van der Waals surface area contributed by atoms with Gasteiger partial charge in [-0.25, -0.2) is 0 Å². The molecular formula is C19H18BrNO3. The Hall–Kier alpha value is -2.27. The summed E-state index contributed by atoms with van der Waals surface area (Å²) < 4.78 is 11.6. The quantitative estimate of drug-likeness (QED) is 0.739. The number of hydrogen-bond acceptors (Lipinski definition) is 3. The van der Waals surface area contributed by atoms with Gasteiger partial charge >= 0.3 is 0 Å². The highest BCUT2D eigenvalue weighted by Crippen LogP contribution is 2.32.